The molecular weight excluding hydrogens is 373 g/mol. The molecule has 0 aromatic heterocycles. The van der Waals surface area contributed by atoms with Crippen LogP contribution in [0.1, 0.15) is 6.92 Å². The second kappa shape index (κ2) is 9.34. The minimum Gasteiger partial charge on any atom is -0.495 e. The highest BCUT2D eigenvalue weighted by molar-refractivity contribution is 6.31. The Morgan fingerprint density at radius 2 is 1.85 bits per heavy atom. The molecule has 0 aliphatic heterocycles. The zero-order valence-electron chi connectivity index (χ0n) is 15.3. The van der Waals surface area contributed by atoms with Crippen molar-refractivity contribution in [2.45, 2.75) is 13.0 Å². The Kier molecular flexibility index (Phi) is 7.15. The van der Waals surface area contributed by atoms with Gasteiger partial charge in [0.05, 0.1) is 25.4 Å². The minimum absolute atomic E-state index is 0.0152. The molecule has 2 aromatic carbocycles. The summed E-state index contributed by atoms with van der Waals surface area (Å²) in [5, 5.41) is 5.87. The molecule has 0 heterocycles. The number of hydrogen-bond donors (Lipinski definition) is 2. The predicted molar refractivity (Wildman–Crippen MR) is 104 cm³/mol. The van der Waals surface area contributed by atoms with E-state index < -0.39 is 6.04 Å². The number of likely N-dealkylation sites (N-methyl/N-ethyl adjacent to an activating group) is 1. The SMILES string of the molecule is COc1ccc(Cl)cc1NC(=O)[C@H](C)N(C)CC(=O)Nc1ccc(F)cc1. The average Bonchev–Trinajstić information content (AvgIpc) is 2.63. The molecule has 2 rings (SSSR count). The van der Waals surface area contributed by atoms with E-state index in [-0.39, 0.29) is 24.2 Å². The van der Waals surface area contributed by atoms with Crippen LogP contribution in [0.25, 0.3) is 0 Å². The van der Waals surface area contributed by atoms with Crippen LogP contribution in [0.3, 0.4) is 0 Å². The van der Waals surface area contributed by atoms with E-state index in [0.29, 0.717) is 22.1 Å². The first-order valence-corrected chi connectivity index (χ1v) is 8.58. The summed E-state index contributed by atoms with van der Waals surface area (Å²) in [6, 6.07) is 9.76. The first-order chi connectivity index (χ1) is 12.8. The molecule has 6 nitrogen and oxygen atoms in total. The summed E-state index contributed by atoms with van der Waals surface area (Å²) in [5.41, 5.74) is 0.932. The summed E-state index contributed by atoms with van der Waals surface area (Å²) in [6.45, 7) is 1.66. The lowest BCUT2D eigenvalue weighted by Gasteiger charge is -2.23. The van der Waals surface area contributed by atoms with Crippen LogP contribution < -0.4 is 15.4 Å². The smallest absolute Gasteiger partial charge is 0.241 e. The molecule has 0 saturated carbocycles. The minimum atomic E-state index is -0.590. The Morgan fingerprint density at radius 3 is 2.48 bits per heavy atom. The number of amides is 2. The first-order valence-electron chi connectivity index (χ1n) is 8.20. The monoisotopic (exact) mass is 393 g/mol. The maximum Gasteiger partial charge on any atom is 0.241 e. The molecule has 0 bridgehead atoms. The number of nitrogens with one attached hydrogen (secondary N) is 2. The van der Waals surface area contributed by atoms with Gasteiger partial charge in [-0.2, -0.15) is 0 Å². The summed E-state index contributed by atoms with van der Waals surface area (Å²) in [5.74, 6) is -0.528. The van der Waals surface area contributed by atoms with Crippen molar-refractivity contribution in [2.24, 2.45) is 0 Å². The van der Waals surface area contributed by atoms with Gasteiger partial charge in [-0.1, -0.05) is 11.6 Å². The third kappa shape index (κ3) is 5.94. The highest BCUT2D eigenvalue weighted by atomic mass is 35.5. The van der Waals surface area contributed by atoms with Crippen molar-refractivity contribution >= 4 is 34.8 Å². The summed E-state index contributed by atoms with van der Waals surface area (Å²) in [4.78, 5) is 26.2. The average molecular weight is 394 g/mol. The van der Waals surface area contributed by atoms with Gasteiger partial charge >= 0.3 is 0 Å². The van der Waals surface area contributed by atoms with E-state index in [2.05, 4.69) is 10.6 Å². The van der Waals surface area contributed by atoms with Crippen molar-refractivity contribution < 1.29 is 18.7 Å². The number of benzene rings is 2. The topological polar surface area (TPSA) is 70.7 Å². The summed E-state index contributed by atoms with van der Waals surface area (Å²) in [7, 11) is 3.15. The van der Waals surface area contributed by atoms with Gasteiger partial charge in [0.15, 0.2) is 0 Å². The van der Waals surface area contributed by atoms with E-state index in [9.17, 15) is 14.0 Å². The zero-order chi connectivity index (χ0) is 20.0. The second-order valence-corrected chi connectivity index (χ2v) is 6.42. The molecule has 2 N–H and O–H groups in total. The molecule has 8 heteroatoms. The Balaban J connectivity index is 1.94. The van der Waals surface area contributed by atoms with Crippen LogP contribution in [-0.2, 0) is 9.59 Å². The van der Waals surface area contributed by atoms with Crippen LogP contribution in [0.2, 0.25) is 5.02 Å². The fourth-order valence-corrected chi connectivity index (χ4v) is 2.48. The van der Waals surface area contributed by atoms with Gasteiger partial charge in [0, 0.05) is 10.7 Å². The van der Waals surface area contributed by atoms with Gasteiger partial charge < -0.3 is 15.4 Å². The van der Waals surface area contributed by atoms with Crippen LogP contribution in [0.5, 0.6) is 5.75 Å². The fraction of sp³-hybridized carbons (Fsp3) is 0.263. The number of carbonyl (C=O) groups excluding carboxylic acids is 2. The van der Waals surface area contributed by atoms with E-state index >= 15 is 0 Å². The van der Waals surface area contributed by atoms with E-state index in [1.807, 2.05) is 0 Å². The van der Waals surface area contributed by atoms with Crippen LogP contribution in [0.4, 0.5) is 15.8 Å². The largest absolute Gasteiger partial charge is 0.495 e. The third-order valence-corrected chi connectivity index (χ3v) is 4.22. The molecule has 0 unspecified atom stereocenters. The van der Waals surface area contributed by atoms with Gasteiger partial charge in [-0.25, -0.2) is 4.39 Å². The van der Waals surface area contributed by atoms with Crippen molar-refractivity contribution in [1.29, 1.82) is 0 Å². The molecule has 0 saturated heterocycles. The molecule has 27 heavy (non-hydrogen) atoms. The lowest BCUT2D eigenvalue weighted by Crippen LogP contribution is -2.43. The van der Waals surface area contributed by atoms with Gasteiger partial charge in [-0.3, -0.25) is 14.5 Å². The van der Waals surface area contributed by atoms with Gasteiger partial charge in [0.2, 0.25) is 11.8 Å². The van der Waals surface area contributed by atoms with Crippen molar-refractivity contribution in [3.05, 3.63) is 53.3 Å². The number of rotatable bonds is 7. The molecule has 0 radical (unpaired) electrons. The Morgan fingerprint density at radius 1 is 1.19 bits per heavy atom. The van der Waals surface area contributed by atoms with Crippen LogP contribution in [-0.4, -0.2) is 43.5 Å². The second-order valence-electron chi connectivity index (χ2n) is 5.98. The van der Waals surface area contributed by atoms with E-state index in [1.165, 1.54) is 31.4 Å². The first kappa shape index (κ1) is 20.7. The van der Waals surface area contributed by atoms with Gasteiger partial charge in [0.1, 0.15) is 11.6 Å². The zero-order valence-corrected chi connectivity index (χ0v) is 16.0. The van der Waals surface area contributed by atoms with Gasteiger partial charge in [-0.05, 0) is 56.4 Å². The normalized spacial score (nSPS) is 11.8. The van der Waals surface area contributed by atoms with Gasteiger partial charge in [0.25, 0.3) is 0 Å². The molecule has 0 aliphatic carbocycles. The summed E-state index contributed by atoms with van der Waals surface area (Å²) >= 11 is 5.96. The molecule has 2 amide bonds. The van der Waals surface area contributed by atoms with E-state index in [4.69, 9.17) is 16.3 Å². The standard InChI is InChI=1S/C19H21ClFN3O3/c1-12(19(26)23-16-10-13(20)4-9-17(16)27-3)24(2)11-18(25)22-15-7-5-14(21)6-8-15/h4-10,12H,11H2,1-3H3,(H,22,25)(H,23,26)/t12-/m0/s1. The maximum absolute atomic E-state index is 12.9. The lowest BCUT2D eigenvalue weighted by molar-refractivity contribution is -0.122. The Bertz CT molecular complexity index is 814. The summed E-state index contributed by atoms with van der Waals surface area (Å²) < 4.78 is 18.1. The van der Waals surface area contributed by atoms with Crippen molar-refractivity contribution in [3.8, 4) is 5.75 Å². The quantitative estimate of drug-likeness (QED) is 0.756. The fourth-order valence-electron chi connectivity index (χ4n) is 2.31. The molecule has 0 spiro atoms. The molecule has 2 aromatic rings. The Hall–Kier alpha value is -2.64. The number of ether oxygens (including phenoxy) is 1. The van der Waals surface area contributed by atoms with Crippen molar-refractivity contribution in [1.82, 2.24) is 4.90 Å². The number of anilines is 2. The Labute approximate surface area is 162 Å². The molecule has 0 aliphatic rings. The molecular formula is C19H21ClFN3O3. The number of halogens is 2. The van der Waals surface area contributed by atoms with Crippen molar-refractivity contribution in [3.63, 3.8) is 0 Å². The summed E-state index contributed by atoms with van der Waals surface area (Å²) in [6.07, 6.45) is 0. The number of hydrogen-bond acceptors (Lipinski definition) is 4. The van der Waals surface area contributed by atoms with E-state index in [1.54, 1.807) is 37.1 Å². The third-order valence-electron chi connectivity index (χ3n) is 3.98. The molecule has 1 atom stereocenters. The van der Waals surface area contributed by atoms with Gasteiger partial charge in [-0.15, -0.1) is 0 Å². The number of nitrogens with zero attached hydrogens (tertiary/aromatic N) is 1. The number of carbonyl (C=O) groups is 2. The van der Waals surface area contributed by atoms with E-state index in [0.717, 1.165) is 0 Å². The van der Waals surface area contributed by atoms with Crippen LogP contribution in [0.15, 0.2) is 42.5 Å². The lowest BCUT2D eigenvalue weighted by atomic mass is 10.2. The molecule has 0 fully saturated rings. The van der Waals surface area contributed by atoms with Crippen molar-refractivity contribution in [2.75, 3.05) is 31.3 Å². The highest BCUT2D eigenvalue weighted by Gasteiger charge is 2.21. The molecule has 144 valence electrons. The highest BCUT2D eigenvalue weighted by Crippen LogP contribution is 2.27. The maximum atomic E-state index is 12.9. The predicted octanol–water partition coefficient (Wildman–Crippen LogP) is 3.39. The van der Waals surface area contributed by atoms with Crippen LogP contribution >= 0.6 is 11.6 Å². The van der Waals surface area contributed by atoms with Crippen LogP contribution in [0, 0.1) is 5.82 Å². The number of methoxy groups -OCH3 is 1.